The van der Waals surface area contributed by atoms with E-state index < -0.39 is 0 Å². The second-order valence-electron chi connectivity index (χ2n) is 9.64. The highest BCUT2D eigenvalue weighted by Gasteiger charge is 2.29. The lowest BCUT2D eigenvalue weighted by atomic mass is 10.1. The Hall–Kier alpha value is -3.66. The van der Waals surface area contributed by atoms with E-state index in [4.69, 9.17) is 0 Å². The molecule has 6 rings (SSSR count). The fourth-order valence-electron chi connectivity index (χ4n) is 5.39. The molecule has 0 fully saturated rings. The standard InChI is InChI=1S/C29H30N4/c1-19-12-23(32-18-31(5)29-25-9-7-6-8-22(25)10-11-26(29)32)16-24(13-19)33-17-30(4)27-14-20(2)21(3)15-28(27)33/h6-16H,17-18H2,1-5H3. The van der Waals surface area contributed by atoms with Crippen LogP contribution in [0.5, 0.6) is 0 Å². The van der Waals surface area contributed by atoms with Gasteiger partial charge in [-0.15, -0.1) is 0 Å². The van der Waals surface area contributed by atoms with Crippen LogP contribution in [0, 0.1) is 20.8 Å². The second-order valence-corrected chi connectivity index (χ2v) is 9.64. The zero-order valence-corrected chi connectivity index (χ0v) is 20.1. The normalized spacial score (nSPS) is 14.9. The largest absolute Gasteiger partial charge is 0.355 e. The summed E-state index contributed by atoms with van der Waals surface area (Å²) in [6, 6.07) is 24.8. The zero-order chi connectivity index (χ0) is 22.9. The van der Waals surface area contributed by atoms with Crippen LogP contribution in [0.2, 0.25) is 0 Å². The number of benzene rings is 4. The smallest absolute Gasteiger partial charge is 0.0950 e. The van der Waals surface area contributed by atoms with Crippen LogP contribution in [0.3, 0.4) is 0 Å². The topological polar surface area (TPSA) is 13.0 Å². The van der Waals surface area contributed by atoms with Gasteiger partial charge in [0.25, 0.3) is 0 Å². The lowest BCUT2D eigenvalue weighted by Crippen LogP contribution is -2.26. The number of rotatable bonds is 2. The van der Waals surface area contributed by atoms with Gasteiger partial charge in [0.05, 0.1) is 36.1 Å². The van der Waals surface area contributed by atoms with Crippen LogP contribution in [0.15, 0.2) is 66.7 Å². The minimum atomic E-state index is 0.848. The van der Waals surface area contributed by atoms with E-state index in [0.29, 0.717) is 0 Å². The minimum Gasteiger partial charge on any atom is -0.355 e. The summed E-state index contributed by atoms with van der Waals surface area (Å²) in [6.07, 6.45) is 0. The van der Waals surface area contributed by atoms with Gasteiger partial charge in [-0.05, 0) is 79.2 Å². The first-order valence-electron chi connectivity index (χ1n) is 11.6. The van der Waals surface area contributed by atoms with Crippen molar-refractivity contribution in [3.05, 3.63) is 83.4 Å². The molecule has 0 bridgehead atoms. The third-order valence-electron chi connectivity index (χ3n) is 7.22. The molecule has 0 spiro atoms. The fourth-order valence-corrected chi connectivity index (χ4v) is 5.39. The zero-order valence-electron chi connectivity index (χ0n) is 20.1. The molecule has 2 heterocycles. The number of hydrogen-bond donors (Lipinski definition) is 0. The lowest BCUT2D eigenvalue weighted by molar-refractivity contribution is 0.939. The van der Waals surface area contributed by atoms with E-state index in [1.54, 1.807) is 0 Å². The molecular formula is C29H30N4. The summed E-state index contributed by atoms with van der Waals surface area (Å²) in [7, 11) is 4.37. The predicted molar refractivity (Wildman–Crippen MR) is 142 cm³/mol. The van der Waals surface area contributed by atoms with E-state index in [0.717, 1.165) is 13.3 Å². The average Bonchev–Trinajstić information content (AvgIpc) is 3.31. The van der Waals surface area contributed by atoms with Gasteiger partial charge in [-0.25, -0.2) is 0 Å². The van der Waals surface area contributed by atoms with Crippen molar-refractivity contribution in [2.24, 2.45) is 0 Å². The third kappa shape index (κ3) is 3.05. The van der Waals surface area contributed by atoms with Gasteiger partial charge in [0, 0.05) is 30.9 Å². The Morgan fingerprint density at radius 1 is 0.606 bits per heavy atom. The van der Waals surface area contributed by atoms with Gasteiger partial charge in [0.1, 0.15) is 0 Å². The third-order valence-corrected chi connectivity index (χ3v) is 7.22. The number of aryl methyl sites for hydroxylation is 3. The predicted octanol–water partition coefficient (Wildman–Crippen LogP) is 6.86. The molecule has 2 aliphatic heterocycles. The summed E-state index contributed by atoms with van der Waals surface area (Å²) < 4.78 is 0. The molecule has 0 aliphatic carbocycles. The highest BCUT2D eigenvalue weighted by molar-refractivity contribution is 6.04. The molecule has 0 saturated heterocycles. The van der Waals surface area contributed by atoms with Crippen molar-refractivity contribution in [2.45, 2.75) is 20.8 Å². The Morgan fingerprint density at radius 2 is 1.24 bits per heavy atom. The van der Waals surface area contributed by atoms with E-state index in [-0.39, 0.29) is 0 Å². The van der Waals surface area contributed by atoms with E-state index >= 15 is 0 Å². The van der Waals surface area contributed by atoms with Gasteiger partial charge in [-0.1, -0.05) is 30.3 Å². The molecule has 4 heteroatoms. The maximum absolute atomic E-state index is 2.44. The Kier molecular flexibility index (Phi) is 4.34. The van der Waals surface area contributed by atoms with Gasteiger partial charge in [-0.3, -0.25) is 0 Å². The molecule has 0 unspecified atom stereocenters. The average molecular weight is 435 g/mol. The first kappa shape index (κ1) is 20.0. The van der Waals surface area contributed by atoms with Crippen LogP contribution in [0.4, 0.5) is 34.1 Å². The van der Waals surface area contributed by atoms with Crippen molar-refractivity contribution in [3.63, 3.8) is 0 Å². The van der Waals surface area contributed by atoms with E-state index in [2.05, 4.69) is 121 Å². The van der Waals surface area contributed by atoms with Crippen molar-refractivity contribution >= 4 is 44.9 Å². The van der Waals surface area contributed by atoms with Gasteiger partial charge < -0.3 is 19.6 Å². The molecule has 0 N–H and O–H groups in total. The van der Waals surface area contributed by atoms with E-state index in [1.807, 2.05) is 0 Å². The molecule has 4 aromatic rings. The van der Waals surface area contributed by atoms with E-state index in [9.17, 15) is 0 Å². The monoisotopic (exact) mass is 434 g/mol. The van der Waals surface area contributed by atoms with Crippen LogP contribution in [-0.4, -0.2) is 27.4 Å². The SMILES string of the molecule is Cc1cc(N2CN(C)c3cc(C)c(C)cc32)cc(N2CN(C)c3c2ccc2ccccc32)c1. The second kappa shape index (κ2) is 7.17. The van der Waals surface area contributed by atoms with Gasteiger partial charge in [0.2, 0.25) is 0 Å². The Morgan fingerprint density at radius 3 is 2.00 bits per heavy atom. The van der Waals surface area contributed by atoms with Crippen molar-refractivity contribution in [3.8, 4) is 0 Å². The fraction of sp³-hybridized carbons (Fsp3) is 0.241. The van der Waals surface area contributed by atoms with Crippen LogP contribution in [-0.2, 0) is 0 Å². The molecule has 2 aliphatic rings. The van der Waals surface area contributed by atoms with Gasteiger partial charge in [0.15, 0.2) is 0 Å². The molecule has 33 heavy (non-hydrogen) atoms. The van der Waals surface area contributed by atoms with Gasteiger partial charge >= 0.3 is 0 Å². The molecule has 166 valence electrons. The Balaban J connectivity index is 1.45. The summed E-state index contributed by atoms with van der Waals surface area (Å²) in [5.41, 5.74) is 11.6. The quantitative estimate of drug-likeness (QED) is 0.342. The molecule has 0 aromatic heterocycles. The highest BCUT2D eigenvalue weighted by Crippen LogP contribution is 2.47. The molecular weight excluding hydrogens is 404 g/mol. The maximum atomic E-state index is 2.44. The van der Waals surface area contributed by atoms with Crippen molar-refractivity contribution in [2.75, 3.05) is 47.0 Å². The van der Waals surface area contributed by atoms with Crippen LogP contribution >= 0.6 is 0 Å². The van der Waals surface area contributed by atoms with Crippen molar-refractivity contribution in [1.29, 1.82) is 0 Å². The molecule has 0 atom stereocenters. The summed E-state index contributed by atoms with van der Waals surface area (Å²) in [5, 5.41) is 2.60. The summed E-state index contributed by atoms with van der Waals surface area (Å²) in [5.74, 6) is 0. The minimum absolute atomic E-state index is 0.848. The van der Waals surface area contributed by atoms with Crippen LogP contribution in [0.1, 0.15) is 16.7 Å². The number of fused-ring (bicyclic) bond motifs is 4. The molecule has 4 aromatic carbocycles. The number of nitrogens with zero attached hydrogens (tertiary/aromatic N) is 4. The lowest BCUT2D eigenvalue weighted by Gasteiger charge is -2.25. The molecule has 0 radical (unpaired) electrons. The molecule has 0 amide bonds. The first-order chi connectivity index (χ1) is 15.9. The van der Waals surface area contributed by atoms with Crippen molar-refractivity contribution in [1.82, 2.24) is 0 Å². The number of anilines is 6. The Labute approximate surface area is 196 Å². The van der Waals surface area contributed by atoms with Crippen molar-refractivity contribution < 1.29 is 0 Å². The Bertz CT molecular complexity index is 1410. The van der Waals surface area contributed by atoms with Gasteiger partial charge in [-0.2, -0.15) is 0 Å². The molecule has 4 nitrogen and oxygen atoms in total. The summed E-state index contributed by atoms with van der Waals surface area (Å²) >= 11 is 0. The van der Waals surface area contributed by atoms with Crippen LogP contribution in [0.25, 0.3) is 10.8 Å². The molecule has 0 saturated carbocycles. The summed E-state index contributed by atoms with van der Waals surface area (Å²) in [6.45, 7) is 8.31. The van der Waals surface area contributed by atoms with Crippen LogP contribution < -0.4 is 19.6 Å². The summed E-state index contributed by atoms with van der Waals surface area (Å²) in [4.78, 5) is 9.60. The first-order valence-corrected chi connectivity index (χ1v) is 11.6. The van der Waals surface area contributed by atoms with E-state index in [1.165, 1.54) is 61.6 Å². The highest BCUT2D eigenvalue weighted by atomic mass is 15.4. The maximum Gasteiger partial charge on any atom is 0.0950 e. The number of hydrogen-bond acceptors (Lipinski definition) is 4.